The van der Waals surface area contributed by atoms with E-state index >= 15 is 0 Å². The Bertz CT molecular complexity index is 792. The van der Waals surface area contributed by atoms with Gasteiger partial charge in [-0.15, -0.1) is 0 Å². The third kappa shape index (κ3) is 4.57. The van der Waals surface area contributed by atoms with Gasteiger partial charge in [0, 0.05) is 31.6 Å². The number of hydrogen-bond acceptors (Lipinski definition) is 7. The smallest absolute Gasteiger partial charge is 0.271 e. The average Bonchev–Trinajstić information content (AvgIpc) is 3.02. The van der Waals surface area contributed by atoms with E-state index in [9.17, 15) is 19.7 Å². The summed E-state index contributed by atoms with van der Waals surface area (Å²) >= 11 is 1.31. The van der Waals surface area contributed by atoms with E-state index in [1.54, 1.807) is 0 Å². The molecule has 27 heavy (non-hydrogen) atoms. The van der Waals surface area contributed by atoms with Crippen molar-refractivity contribution in [1.82, 2.24) is 4.90 Å². The predicted molar refractivity (Wildman–Crippen MR) is 102 cm³/mol. The van der Waals surface area contributed by atoms with Crippen molar-refractivity contribution in [2.24, 2.45) is 4.99 Å². The first-order valence-electron chi connectivity index (χ1n) is 8.64. The van der Waals surface area contributed by atoms with Crippen molar-refractivity contribution >= 4 is 40.1 Å². The molecule has 0 spiro atoms. The third-order valence-corrected chi connectivity index (χ3v) is 5.61. The number of nitrogens with zero attached hydrogens (tertiary/aromatic N) is 3. The monoisotopic (exact) mass is 392 g/mol. The first-order valence-corrected chi connectivity index (χ1v) is 9.52. The van der Waals surface area contributed by atoms with Gasteiger partial charge in [-0.2, -0.15) is 4.99 Å². The van der Waals surface area contributed by atoms with Crippen molar-refractivity contribution < 1.29 is 19.2 Å². The zero-order chi connectivity index (χ0) is 19.4. The van der Waals surface area contributed by atoms with E-state index in [1.165, 1.54) is 43.5 Å². The first-order chi connectivity index (χ1) is 13.0. The second-order valence-corrected chi connectivity index (χ2v) is 7.45. The lowest BCUT2D eigenvalue weighted by Crippen LogP contribution is -2.33. The molecule has 2 aliphatic heterocycles. The summed E-state index contributed by atoms with van der Waals surface area (Å²) in [7, 11) is 1.41. The van der Waals surface area contributed by atoms with Crippen LogP contribution in [0.3, 0.4) is 0 Å². The molecule has 0 aliphatic carbocycles. The van der Waals surface area contributed by atoms with E-state index in [4.69, 9.17) is 4.74 Å². The van der Waals surface area contributed by atoms with Crippen molar-refractivity contribution in [3.05, 3.63) is 28.3 Å². The molecule has 2 amide bonds. The van der Waals surface area contributed by atoms with Crippen LogP contribution in [-0.4, -0.2) is 52.3 Å². The van der Waals surface area contributed by atoms with Gasteiger partial charge in [0.15, 0.2) is 5.17 Å². The van der Waals surface area contributed by atoms with Crippen molar-refractivity contribution in [1.29, 1.82) is 0 Å². The summed E-state index contributed by atoms with van der Waals surface area (Å²) in [4.78, 5) is 41.1. The van der Waals surface area contributed by atoms with Crippen LogP contribution < -0.4 is 10.1 Å². The Kier molecular flexibility index (Phi) is 5.94. The number of ether oxygens (including phenoxy) is 1. The third-order valence-electron chi connectivity index (χ3n) is 4.39. The van der Waals surface area contributed by atoms with Gasteiger partial charge in [0.25, 0.3) is 11.6 Å². The maximum atomic E-state index is 12.4. The molecule has 0 unspecified atom stereocenters. The van der Waals surface area contributed by atoms with Crippen LogP contribution in [0.5, 0.6) is 5.75 Å². The van der Waals surface area contributed by atoms with Gasteiger partial charge in [0.2, 0.25) is 5.91 Å². The van der Waals surface area contributed by atoms with Gasteiger partial charge in [-0.3, -0.25) is 19.7 Å². The van der Waals surface area contributed by atoms with Crippen LogP contribution in [-0.2, 0) is 9.59 Å². The molecule has 1 saturated heterocycles. The van der Waals surface area contributed by atoms with Crippen molar-refractivity contribution in [2.45, 2.75) is 30.9 Å². The lowest BCUT2D eigenvalue weighted by molar-refractivity contribution is -0.384. The zero-order valence-corrected chi connectivity index (χ0v) is 15.7. The van der Waals surface area contributed by atoms with E-state index in [2.05, 4.69) is 15.2 Å². The number of benzene rings is 1. The molecule has 9 nitrogen and oxygen atoms in total. The molecule has 2 heterocycles. The summed E-state index contributed by atoms with van der Waals surface area (Å²) in [6.07, 6.45) is 3.27. The molecule has 0 aromatic heterocycles. The van der Waals surface area contributed by atoms with Crippen LogP contribution in [0.4, 0.5) is 11.4 Å². The molecule has 1 N–H and O–H groups in total. The quantitative estimate of drug-likeness (QED) is 0.604. The number of piperidine rings is 1. The Balaban J connectivity index is 1.62. The summed E-state index contributed by atoms with van der Waals surface area (Å²) in [5, 5.41) is 13.6. The number of hydrogen-bond donors (Lipinski definition) is 1. The Labute approximate surface area is 160 Å². The molecule has 1 aromatic rings. The van der Waals surface area contributed by atoms with Crippen LogP contribution in [0, 0.1) is 10.1 Å². The van der Waals surface area contributed by atoms with Crippen LogP contribution >= 0.6 is 11.8 Å². The molecule has 2 aliphatic rings. The van der Waals surface area contributed by atoms with E-state index in [-0.39, 0.29) is 23.7 Å². The lowest BCUT2D eigenvalue weighted by atomic mass is 10.1. The van der Waals surface area contributed by atoms with Gasteiger partial charge in [-0.1, -0.05) is 11.8 Å². The molecular weight excluding hydrogens is 372 g/mol. The molecule has 1 atom stereocenters. The van der Waals surface area contributed by atoms with E-state index < -0.39 is 16.1 Å². The number of methoxy groups -OCH3 is 1. The lowest BCUT2D eigenvalue weighted by Gasteiger charge is -2.27. The number of thioether (sulfide) groups is 1. The maximum absolute atomic E-state index is 12.4. The maximum Gasteiger partial charge on any atom is 0.271 e. The van der Waals surface area contributed by atoms with Gasteiger partial charge in [-0.05, 0) is 25.3 Å². The van der Waals surface area contributed by atoms with Crippen molar-refractivity contribution in [3.63, 3.8) is 0 Å². The highest BCUT2D eigenvalue weighted by Crippen LogP contribution is 2.31. The SMILES string of the molecule is COc1ccc([N+](=O)[O-])cc1NC(=O)C[C@@H]1SC(N2CCCCC2)=NC1=O. The number of anilines is 1. The summed E-state index contributed by atoms with van der Waals surface area (Å²) in [6.45, 7) is 1.76. The Morgan fingerprint density at radius 3 is 2.81 bits per heavy atom. The van der Waals surface area contributed by atoms with Crippen LogP contribution in [0.15, 0.2) is 23.2 Å². The second-order valence-electron chi connectivity index (χ2n) is 6.28. The number of carbonyl (C=O) groups is 2. The Morgan fingerprint density at radius 1 is 1.41 bits per heavy atom. The Morgan fingerprint density at radius 2 is 2.15 bits per heavy atom. The minimum atomic E-state index is -0.577. The topological polar surface area (TPSA) is 114 Å². The Hall–Kier alpha value is -2.62. The molecule has 1 aromatic carbocycles. The summed E-state index contributed by atoms with van der Waals surface area (Å²) in [5.74, 6) is -0.430. The normalized spacial score (nSPS) is 19.6. The number of aliphatic imine (C=N–C) groups is 1. The number of nitro groups is 1. The van der Waals surface area contributed by atoms with Gasteiger partial charge in [-0.25, -0.2) is 0 Å². The first kappa shape index (κ1) is 19.2. The minimum absolute atomic E-state index is 0.0593. The summed E-state index contributed by atoms with van der Waals surface area (Å²) in [6, 6.07) is 3.94. The van der Waals surface area contributed by atoms with Crippen LogP contribution in [0.1, 0.15) is 25.7 Å². The highest BCUT2D eigenvalue weighted by atomic mass is 32.2. The van der Waals surface area contributed by atoms with Crippen molar-refractivity contribution in [2.75, 3.05) is 25.5 Å². The molecule has 144 valence electrons. The highest BCUT2D eigenvalue weighted by molar-refractivity contribution is 8.15. The number of amidine groups is 1. The number of nitro benzene ring substituents is 1. The number of rotatable bonds is 5. The summed E-state index contributed by atoms with van der Waals surface area (Å²) in [5.41, 5.74) is 0.0393. The highest BCUT2D eigenvalue weighted by Gasteiger charge is 2.33. The van der Waals surface area contributed by atoms with Gasteiger partial charge in [0.05, 0.1) is 17.7 Å². The molecule has 0 radical (unpaired) electrons. The fourth-order valence-electron chi connectivity index (χ4n) is 3.01. The minimum Gasteiger partial charge on any atom is -0.495 e. The largest absolute Gasteiger partial charge is 0.495 e. The van der Waals surface area contributed by atoms with E-state index in [0.717, 1.165) is 25.9 Å². The molecule has 1 fully saturated rings. The van der Waals surface area contributed by atoms with Crippen LogP contribution in [0.2, 0.25) is 0 Å². The van der Waals surface area contributed by atoms with Gasteiger partial charge in [0.1, 0.15) is 11.0 Å². The number of non-ortho nitro benzene ring substituents is 1. The second kappa shape index (κ2) is 8.38. The van der Waals surface area contributed by atoms with Gasteiger partial charge < -0.3 is 15.0 Å². The molecule has 3 rings (SSSR count). The molecule has 10 heteroatoms. The summed E-state index contributed by atoms with van der Waals surface area (Å²) < 4.78 is 5.13. The van der Waals surface area contributed by atoms with Gasteiger partial charge >= 0.3 is 0 Å². The molecule has 0 saturated carbocycles. The molecule has 0 bridgehead atoms. The average molecular weight is 392 g/mol. The molecular formula is C17H20N4O5S. The predicted octanol–water partition coefficient (Wildman–Crippen LogP) is 2.42. The fourth-order valence-corrected chi connectivity index (χ4v) is 4.12. The number of likely N-dealkylation sites (tertiary alicyclic amines) is 1. The fraction of sp³-hybridized carbons (Fsp3) is 0.471. The standard InChI is InChI=1S/C17H20N4O5S/c1-26-13-6-5-11(21(24)25)9-12(13)18-15(22)10-14-16(23)19-17(27-14)20-7-3-2-4-8-20/h5-6,9,14H,2-4,7-8,10H2,1H3,(H,18,22)/t14-/m0/s1. The van der Waals surface area contributed by atoms with Crippen LogP contribution in [0.25, 0.3) is 0 Å². The zero-order valence-electron chi connectivity index (χ0n) is 14.8. The number of carbonyl (C=O) groups excluding carboxylic acids is 2. The number of nitrogens with one attached hydrogen (secondary N) is 1. The number of amides is 2. The van der Waals surface area contributed by atoms with E-state index in [0.29, 0.717) is 10.9 Å². The van der Waals surface area contributed by atoms with Crippen molar-refractivity contribution in [3.8, 4) is 5.75 Å². The van der Waals surface area contributed by atoms with E-state index in [1.807, 2.05) is 0 Å².